The lowest BCUT2D eigenvalue weighted by Crippen LogP contribution is -2.45. The van der Waals surface area contributed by atoms with Gasteiger partial charge in [-0.2, -0.15) is 0 Å². The lowest BCUT2D eigenvalue weighted by atomic mass is 9.99. The molecule has 124 valence electrons. The highest BCUT2D eigenvalue weighted by atomic mass is 16.2. The van der Waals surface area contributed by atoms with E-state index in [9.17, 15) is 4.79 Å². The zero-order valence-corrected chi connectivity index (χ0v) is 15.1. The van der Waals surface area contributed by atoms with E-state index in [4.69, 9.17) is 0 Å². The van der Waals surface area contributed by atoms with E-state index in [2.05, 4.69) is 56.8 Å². The maximum absolute atomic E-state index is 12.7. The second kappa shape index (κ2) is 7.59. The molecule has 4 nitrogen and oxygen atoms in total. The van der Waals surface area contributed by atoms with Crippen molar-refractivity contribution in [2.45, 2.75) is 78.6 Å². The molecule has 1 rings (SSSR count). The highest BCUT2D eigenvalue weighted by Gasteiger charge is 2.47. The van der Waals surface area contributed by atoms with Crippen LogP contribution in [-0.4, -0.2) is 53.6 Å². The minimum absolute atomic E-state index is 0.185. The summed E-state index contributed by atoms with van der Waals surface area (Å²) < 4.78 is 0. The summed E-state index contributed by atoms with van der Waals surface area (Å²) >= 11 is 0. The number of nitrogens with zero attached hydrogens (tertiary/aromatic N) is 2. The van der Waals surface area contributed by atoms with Crippen LogP contribution in [0.25, 0.3) is 0 Å². The van der Waals surface area contributed by atoms with Crippen LogP contribution in [0.5, 0.6) is 0 Å². The SMILES string of the molecule is CCC1(C)NC(C(C)C)N(CCCCN(C)C(C)C)C1=O. The molecule has 1 aliphatic heterocycles. The molecule has 0 aromatic heterocycles. The fourth-order valence-electron chi connectivity index (χ4n) is 2.83. The number of hydrogen-bond donors (Lipinski definition) is 1. The Hall–Kier alpha value is -0.610. The fourth-order valence-corrected chi connectivity index (χ4v) is 2.83. The second-order valence-corrected chi connectivity index (χ2v) is 7.30. The van der Waals surface area contributed by atoms with Gasteiger partial charge < -0.3 is 9.80 Å². The van der Waals surface area contributed by atoms with Crippen LogP contribution in [0.2, 0.25) is 0 Å². The van der Waals surface area contributed by atoms with Crippen molar-refractivity contribution in [3.63, 3.8) is 0 Å². The molecule has 0 aliphatic carbocycles. The largest absolute Gasteiger partial charge is 0.325 e. The minimum Gasteiger partial charge on any atom is -0.325 e. The molecule has 0 aromatic carbocycles. The lowest BCUT2D eigenvalue weighted by molar-refractivity contribution is -0.133. The smallest absolute Gasteiger partial charge is 0.243 e. The van der Waals surface area contributed by atoms with Gasteiger partial charge in [-0.3, -0.25) is 10.1 Å². The molecule has 1 fully saturated rings. The average molecular weight is 297 g/mol. The number of hydrogen-bond acceptors (Lipinski definition) is 3. The Morgan fingerprint density at radius 3 is 2.38 bits per heavy atom. The summed E-state index contributed by atoms with van der Waals surface area (Å²) in [6.07, 6.45) is 3.26. The van der Waals surface area contributed by atoms with Crippen molar-refractivity contribution >= 4 is 5.91 Å². The van der Waals surface area contributed by atoms with Gasteiger partial charge in [0.15, 0.2) is 0 Å². The fraction of sp³-hybridized carbons (Fsp3) is 0.941. The topological polar surface area (TPSA) is 35.6 Å². The second-order valence-electron chi connectivity index (χ2n) is 7.30. The van der Waals surface area contributed by atoms with Crippen LogP contribution >= 0.6 is 0 Å². The van der Waals surface area contributed by atoms with E-state index >= 15 is 0 Å². The third-order valence-electron chi connectivity index (χ3n) is 4.92. The van der Waals surface area contributed by atoms with Gasteiger partial charge in [-0.1, -0.05) is 20.8 Å². The van der Waals surface area contributed by atoms with Gasteiger partial charge in [0.1, 0.15) is 0 Å². The maximum Gasteiger partial charge on any atom is 0.243 e. The third-order valence-corrected chi connectivity index (χ3v) is 4.92. The van der Waals surface area contributed by atoms with Crippen LogP contribution in [0, 0.1) is 5.92 Å². The van der Waals surface area contributed by atoms with Crippen molar-refractivity contribution in [1.29, 1.82) is 0 Å². The van der Waals surface area contributed by atoms with Crippen molar-refractivity contribution in [3.05, 3.63) is 0 Å². The predicted molar refractivity (Wildman–Crippen MR) is 89.2 cm³/mol. The average Bonchev–Trinajstić information content (AvgIpc) is 2.68. The summed E-state index contributed by atoms with van der Waals surface area (Å²) in [6.45, 7) is 14.9. The van der Waals surface area contributed by atoms with Gasteiger partial charge in [-0.05, 0) is 59.5 Å². The summed E-state index contributed by atoms with van der Waals surface area (Å²) in [5.74, 6) is 0.724. The number of rotatable bonds is 8. The molecule has 1 saturated heterocycles. The molecule has 1 amide bonds. The van der Waals surface area contributed by atoms with E-state index in [0.717, 1.165) is 32.4 Å². The van der Waals surface area contributed by atoms with Crippen molar-refractivity contribution in [2.24, 2.45) is 5.92 Å². The first-order valence-corrected chi connectivity index (χ1v) is 8.52. The quantitative estimate of drug-likeness (QED) is 0.700. The third kappa shape index (κ3) is 4.43. The van der Waals surface area contributed by atoms with Gasteiger partial charge in [0, 0.05) is 12.6 Å². The Balaban J connectivity index is 2.53. The monoisotopic (exact) mass is 297 g/mol. The molecular weight excluding hydrogens is 262 g/mol. The van der Waals surface area contributed by atoms with Crippen molar-refractivity contribution in [1.82, 2.24) is 15.1 Å². The number of amides is 1. The highest BCUT2D eigenvalue weighted by molar-refractivity contribution is 5.88. The molecule has 0 aromatic rings. The van der Waals surface area contributed by atoms with Crippen LogP contribution in [0.1, 0.15) is 60.8 Å². The Kier molecular flexibility index (Phi) is 6.67. The standard InChI is InChI=1S/C17H35N3O/c1-8-17(6)16(21)20(15(18-17)13(2)3)12-10-9-11-19(7)14(4)5/h13-15,18H,8-12H2,1-7H3. The molecule has 0 saturated carbocycles. The number of carbonyl (C=O) groups excluding carboxylic acids is 1. The zero-order chi connectivity index (χ0) is 16.2. The van der Waals surface area contributed by atoms with E-state index in [1.807, 2.05) is 6.92 Å². The van der Waals surface area contributed by atoms with E-state index in [1.54, 1.807) is 0 Å². The molecule has 21 heavy (non-hydrogen) atoms. The van der Waals surface area contributed by atoms with Crippen molar-refractivity contribution in [3.8, 4) is 0 Å². The summed E-state index contributed by atoms with van der Waals surface area (Å²) in [5.41, 5.74) is -0.371. The van der Waals surface area contributed by atoms with Gasteiger partial charge in [-0.15, -0.1) is 0 Å². The first-order chi connectivity index (χ1) is 9.73. The molecule has 0 radical (unpaired) electrons. The normalized spacial score (nSPS) is 26.7. The summed E-state index contributed by atoms with van der Waals surface area (Å²) in [4.78, 5) is 17.1. The van der Waals surface area contributed by atoms with Crippen LogP contribution in [-0.2, 0) is 4.79 Å². The Labute approximate surface area is 131 Å². The number of carbonyl (C=O) groups is 1. The molecule has 0 spiro atoms. The van der Waals surface area contributed by atoms with Crippen LogP contribution < -0.4 is 5.32 Å². The summed E-state index contributed by atoms with van der Waals surface area (Å²) in [7, 11) is 2.16. The van der Waals surface area contributed by atoms with Crippen molar-refractivity contribution < 1.29 is 4.79 Å². The van der Waals surface area contributed by atoms with Crippen LogP contribution in [0.15, 0.2) is 0 Å². The van der Waals surface area contributed by atoms with Gasteiger partial charge in [-0.25, -0.2) is 0 Å². The molecule has 2 atom stereocenters. The van der Waals surface area contributed by atoms with Crippen molar-refractivity contribution in [2.75, 3.05) is 20.1 Å². The van der Waals surface area contributed by atoms with Gasteiger partial charge in [0.05, 0.1) is 11.7 Å². The molecule has 2 unspecified atom stereocenters. The van der Waals surface area contributed by atoms with Gasteiger partial charge in [0.25, 0.3) is 0 Å². The van der Waals surface area contributed by atoms with E-state index < -0.39 is 0 Å². The zero-order valence-electron chi connectivity index (χ0n) is 15.1. The molecule has 1 aliphatic rings. The predicted octanol–water partition coefficient (Wildman–Crippen LogP) is 2.69. The lowest BCUT2D eigenvalue weighted by Gasteiger charge is -2.27. The molecule has 1 heterocycles. The highest BCUT2D eigenvalue weighted by Crippen LogP contribution is 2.27. The van der Waals surface area contributed by atoms with Gasteiger partial charge in [0.2, 0.25) is 5.91 Å². The van der Waals surface area contributed by atoms with Gasteiger partial charge >= 0.3 is 0 Å². The molecular formula is C17H35N3O. The molecule has 0 bridgehead atoms. The molecule has 4 heteroatoms. The van der Waals surface area contributed by atoms with Crippen LogP contribution in [0.3, 0.4) is 0 Å². The minimum atomic E-state index is -0.371. The first kappa shape index (κ1) is 18.4. The summed E-state index contributed by atoms with van der Waals surface area (Å²) in [5, 5.41) is 3.55. The van der Waals surface area contributed by atoms with E-state index in [1.165, 1.54) is 0 Å². The first-order valence-electron chi connectivity index (χ1n) is 8.52. The van der Waals surface area contributed by atoms with E-state index in [-0.39, 0.29) is 17.6 Å². The Morgan fingerprint density at radius 1 is 1.29 bits per heavy atom. The molecule has 1 N–H and O–H groups in total. The Bertz CT molecular complexity index is 343. The number of unbranched alkanes of at least 4 members (excludes halogenated alkanes) is 1. The van der Waals surface area contributed by atoms with E-state index in [0.29, 0.717) is 12.0 Å². The number of nitrogens with one attached hydrogen (secondary N) is 1. The van der Waals surface area contributed by atoms with Crippen LogP contribution in [0.4, 0.5) is 0 Å². The summed E-state index contributed by atoms with van der Waals surface area (Å²) in [6, 6.07) is 0.590. The Morgan fingerprint density at radius 2 is 1.90 bits per heavy atom. The maximum atomic E-state index is 12.7.